The molecule has 0 aliphatic carbocycles. The van der Waals surface area contributed by atoms with E-state index in [0.29, 0.717) is 11.6 Å². The Bertz CT molecular complexity index is 1340. The summed E-state index contributed by atoms with van der Waals surface area (Å²) in [5, 5.41) is 1.83. The number of benzene rings is 1. The summed E-state index contributed by atoms with van der Waals surface area (Å²) >= 11 is 7.81. The number of hydrogen-bond acceptors (Lipinski definition) is 4. The molecule has 30 heavy (non-hydrogen) atoms. The van der Waals surface area contributed by atoms with E-state index in [9.17, 15) is 0 Å². The average Bonchev–Trinajstić information content (AvgIpc) is 3.22. The monoisotopic (exact) mass is 428 g/mol. The lowest BCUT2D eigenvalue weighted by Crippen LogP contribution is -2.07. The van der Waals surface area contributed by atoms with Crippen molar-refractivity contribution in [3.63, 3.8) is 0 Å². The van der Waals surface area contributed by atoms with E-state index in [1.807, 2.05) is 49.5 Å². The Morgan fingerprint density at radius 3 is 2.57 bits per heavy atom. The van der Waals surface area contributed by atoms with Crippen molar-refractivity contribution < 1.29 is 0 Å². The molecule has 146 valence electrons. The summed E-state index contributed by atoms with van der Waals surface area (Å²) in [5.41, 5.74) is 6.28. The fourth-order valence-corrected chi connectivity index (χ4v) is 4.95. The van der Waals surface area contributed by atoms with Crippen LogP contribution >= 0.6 is 22.9 Å². The highest BCUT2D eigenvalue weighted by atomic mass is 35.5. The maximum atomic E-state index is 6.12. The molecular formula is C24H17ClN4S. The van der Waals surface area contributed by atoms with Crippen molar-refractivity contribution >= 4 is 28.6 Å². The molecule has 0 saturated carbocycles. The molecule has 0 bridgehead atoms. The zero-order chi connectivity index (χ0) is 20.7. The lowest BCUT2D eigenvalue weighted by Gasteiger charge is -2.09. The molecule has 4 heterocycles. The van der Waals surface area contributed by atoms with E-state index in [1.165, 1.54) is 0 Å². The molecule has 0 saturated heterocycles. The summed E-state index contributed by atoms with van der Waals surface area (Å²) < 4.78 is 2.21. The largest absolute Gasteiger partial charge is 0.290 e. The fourth-order valence-electron chi connectivity index (χ4n) is 3.58. The van der Waals surface area contributed by atoms with Gasteiger partial charge < -0.3 is 0 Å². The molecule has 1 aliphatic rings. The van der Waals surface area contributed by atoms with Crippen molar-refractivity contribution in [3.05, 3.63) is 98.7 Å². The predicted octanol–water partition coefficient (Wildman–Crippen LogP) is 5.35. The molecule has 6 heteroatoms. The zero-order valence-electron chi connectivity index (χ0n) is 16.5. The number of imidazole rings is 1. The van der Waals surface area contributed by atoms with Gasteiger partial charge in [0.05, 0.1) is 29.0 Å². The van der Waals surface area contributed by atoms with Crippen LogP contribution in [0.2, 0.25) is 5.02 Å². The van der Waals surface area contributed by atoms with Crippen LogP contribution in [0.3, 0.4) is 0 Å². The van der Waals surface area contributed by atoms with E-state index in [1.54, 1.807) is 23.7 Å². The van der Waals surface area contributed by atoms with Gasteiger partial charge in [-0.05, 0) is 43.7 Å². The first-order chi connectivity index (χ1) is 14.6. The smallest absolute Gasteiger partial charge is 0.112 e. The SMILES string of the molecule is Cc1c(C#Cc2ccncc2)sc2c1C(c1ccc(Cl)cc1)=NCc1cnc(C)n1-2. The van der Waals surface area contributed by atoms with Gasteiger partial charge in [0.1, 0.15) is 10.8 Å². The molecule has 4 nitrogen and oxygen atoms in total. The normalized spacial score (nSPS) is 12.3. The predicted molar refractivity (Wildman–Crippen MR) is 122 cm³/mol. The number of hydrogen-bond donors (Lipinski definition) is 0. The molecule has 1 aliphatic heterocycles. The summed E-state index contributed by atoms with van der Waals surface area (Å²) in [4.78, 5) is 14.6. The molecule has 0 unspecified atom stereocenters. The number of pyridine rings is 1. The van der Waals surface area contributed by atoms with Crippen molar-refractivity contribution in [2.24, 2.45) is 4.99 Å². The van der Waals surface area contributed by atoms with Gasteiger partial charge in [-0.25, -0.2) is 4.98 Å². The van der Waals surface area contributed by atoms with Gasteiger partial charge in [-0.1, -0.05) is 35.6 Å². The number of rotatable bonds is 1. The third-order valence-electron chi connectivity index (χ3n) is 5.10. The second-order valence-corrected chi connectivity index (χ2v) is 8.46. The maximum absolute atomic E-state index is 6.12. The van der Waals surface area contributed by atoms with Crippen LogP contribution in [0.5, 0.6) is 0 Å². The van der Waals surface area contributed by atoms with Crippen LogP contribution in [0.15, 0.2) is 60.0 Å². The highest BCUT2D eigenvalue weighted by Gasteiger charge is 2.26. The molecule has 0 radical (unpaired) electrons. The number of nitrogens with zero attached hydrogens (tertiary/aromatic N) is 4. The molecule has 3 aromatic heterocycles. The number of fused-ring (bicyclic) bond motifs is 3. The first kappa shape index (κ1) is 18.8. The summed E-state index contributed by atoms with van der Waals surface area (Å²) in [7, 11) is 0. The van der Waals surface area contributed by atoms with Crippen LogP contribution in [0.25, 0.3) is 5.00 Å². The number of aliphatic imine (C=N–C) groups is 1. The van der Waals surface area contributed by atoms with Gasteiger partial charge in [-0.3, -0.25) is 14.5 Å². The van der Waals surface area contributed by atoms with E-state index in [-0.39, 0.29) is 0 Å². The van der Waals surface area contributed by atoms with Crippen LogP contribution in [-0.4, -0.2) is 20.2 Å². The van der Waals surface area contributed by atoms with E-state index in [2.05, 4.69) is 33.3 Å². The van der Waals surface area contributed by atoms with Crippen LogP contribution in [-0.2, 0) is 6.54 Å². The van der Waals surface area contributed by atoms with Crippen LogP contribution in [0, 0.1) is 25.7 Å². The van der Waals surface area contributed by atoms with E-state index >= 15 is 0 Å². The van der Waals surface area contributed by atoms with E-state index in [0.717, 1.165) is 49.4 Å². The van der Waals surface area contributed by atoms with Gasteiger partial charge in [0, 0.05) is 34.1 Å². The standard InChI is InChI=1S/C24H17ClN4S/c1-15-21(8-3-17-9-11-26-12-10-17)30-24-22(15)23(18-4-6-19(25)7-5-18)28-14-20-13-27-16(2)29(20)24/h4-7,9-13H,14H2,1-2H3. The highest BCUT2D eigenvalue weighted by molar-refractivity contribution is 7.15. The van der Waals surface area contributed by atoms with Crippen LogP contribution in [0.1, 0.15) is 38.6 Å². The Morgan fingerprint density at radius 2 is 1.80 bits per heavy atom. The Morgan fingerprint density at radius 1 is 1.03 bits per heavy atom. The number of halogens is 1. The van der Waals surface area contributed by atoms with Crippen molar-refractivity contribution in [1.29, 1.82) is 0 Å². The molecule has 4 aromatic rings. The summed E-state index contributed by atoms with van der Waals surface area (Å²) in [6, 6.07) is 11.7. The first-order valence-electron chi connectivity index (χ1n) is 9.51. The van der Waals surface area contributed by atoms with Gasteiger partial charge in [-0.2, -0.15) is 0 Å². The second kappa shape index (κ2) is 7.56. The van der Waals surface area contributed by atoms with Gasteiger partial charge in [0.2, 0.25) is 0 Å². The first-order valence-corrected chi connectivity index (χ1v) is 10.7. The summed E-state index contributed by atoms with van der Waals surface area (Å²) in [5.74, 6) is 7.57. The lowest BCUT2D eigenvalue weighted by atomic mass is 10.00. The molecule has 0 spiro atoms. The highest BCUT2D eigenvalue weighted by Crippen LogP contribution is 2.36. The van der Waals surface area contributed by atoms with Gasteiger partial charge in [0.15, 0.2) is 0 Å². The Hall–Kier alpha value is -3.20. The average molecular weight is 429 g/mol. The summed E-state index contributed by atoms with van der Waals surface area (Å²) in [6.07, 6.45) is 5.42. The molecule has 5 rings (SSSR count). The van der Waals surface area contributed by atoms with Crippen molar-refractivity contribution in [1.82, 2.24) is 14.5 Å². The minimum absolute atomic E-state index is 0.581. The van der Waals surface area contributed by atoms with Crippen molar-refractivity contribution in [2.45, 2.75) is 20.4 Å². The van der Waals surface area contributed by atoms with Gasteiger partial charge in [-0.15, -0.1) is 11.3 Å². The molecule has 0 N–H and O–H groups in total. The second-order valence-electron chi connectivity index (χ2n) is 7.03. The van der Waals surface area contributed by atoms with Crippen LogP contribution < -0.4 is 0 Å². The molecule has 0 fully saturated rings. The fraction of sp³-hybridized carbons (Fsp3) is 0.125. The third-order valence-corrected chi connectivity index (χ3v) is 6.54. The third kappa shape index (κ3) is 3.24. The van der Waals surface area contributed by atoms with Crippen molar-refractivity contribution in [2.75, 3.05) is 0 Å². The Labute approximate surface area is 183 Å². The molecular weight excluding hydrogens is 412 g/mol. The minimum Gasteiger partial charge on any atom is -0.290 e. The maximum Gasteiger partial charge on any atom is 0.112 e. The van der Waals surface area contributed by atoms with E-state index < -0.39 is 0 Å². The van der Waals surface area contributed by atoms with Crippen LogP contribution in [0.4, 0.5) is 0 Å². The topological polar surface area (TPSA) is 43.1 Å². The number of aryl methyl sites for hydroxylation is 1. The Kier molecular flexibility index (Phi) is 4.74. The van der Waals surface area contributed by atoms with Crippen molar-refractivity contribution in [3.8, 4) is 16.8 Å². The Balaban J connectivity index is 1.71. The molecule has 0 atom stereocenters. The zero-order valence-corrected chi connectivity index (χ0v) is 18.1. The van der Waals surface area contributed by atoms with Gasteiger partial charge >= 0.3 is 0 Å². The lowest BCUT2D eigenvalue weighted by molar-refractivity contribution is 0.901. The molecule has 0 amide bonds. The minimum atomic E-state index is 0.581. The molecule has 1 aromatic carbocycles. The number of aromatic nitrogens is 3. The summed E-state index contributed by atoms with van der Waals surface area (Å²) in [6.45, 7) is 4.73. The number of thiophene rings is 1. The van der Waals surface area contributed by atoms with Gasteiger partial charge in [0.25, 0.3) is 0 Å². The van der Waals surface area contributed by atoms with E-state index in [4.69, 9.17) is 16.6 Å². The quantitative estimate of drug-likeness (QED) is 0.383.